The van der Waals surface area contributed by atoms with Gasteiger partial charge in [0.1, 0.15) is 17.4 Å². The van der Waals surface area contributed by atoms with E-state index >= 15 is 0 Å². The van der Waals surface area contributed by atoms with E-state index in [0.717, 1.165) is 10.1 Å². The first-order valence-electron chi connectivity index (χ1n) is 9.86. The summed E-state index contributed by atoms with van der Waals surface area (Å²) < 4.78 is 17.2. The van der Waals surface area contributed by atoms with Crippen LogP contribution in [0.25, 0.3) is 0 Å². The molecule has 8 heteroatoms. The Morgan fingerprint density at radius 2 is 1.97 bits per heavy atom. The second-order valence-corrected chi connectivity index (χ2v) is 7.42. The number of ether oxygens (including phenoxy) is 3. The van der Waals surface area contributed by atoms with Crippen molar-refractivity contribution in [3.63, 3.8) is 0 Å². The van der Waals surface area contributed by atoms with Gasteiger partial charge in [0.15, 0.2) is 18.1 Å². The second kappa shape index (κ2) is 8.47. The van der Waals surface area contributed by atoms with Crippen LogP contribution >= 0.6 is 0 Å². The van der Waals surface area contributed by atoms with Crippen molar-refractivity contribution in [2.24, 2.45) is 0 Å². The first-order chi connectivity index (χ1) is 15.4. The van der Waals surface area contributed by atoms with Gasteiger partial charge in [-0.2, -0.15) is 5.26 Å². The molecule has 1 N–H and O–H groups in total. The predicted octanol–water partition coefficient (Wildman–Crippen LogP) is 3.08. The summed E-state index contributed by atoms with van der Waals surface area (Å²) in [6, 6.07) is 14.1. The Morgan fingerprint density at radius 1 is 1.19 bits per heavy atom. The fraction of sp³-hybridized carbons (Fsp3) is 0.208. The standard InChI is InChI=1S/C24H20N2O6/c1-14-4-3-5-17(8-14)30-12-19(27)22-15(2)18(10-25)23(28)26(24(22)29)11-16-6-7-20-21(9-16)32-13-31-20/h3-9,29H,11-13H2,1-2H3. The van der Waals surface area contributed by atoms with E-state index in [9.17, 15) is 20.0 Å². The number of aromatic hydroxyl groups is 1. The van der Waals surface area contributed by atoms with Crippen molar-refractivity contribution >= 4 is 5.78 Å². The van der Waals surface area contributed by atoms with Gasteiger partial charge in [0.25, 0.3) is 5.56 Å². The van der Waals surface area contributed by atoms with E-state index in [0.29, 0.717) is 22.8 Å². The number of pyridine rings is 1. The molecule has 0 amide bonds. The number of fused-ring (bicyclic) bond motifs is 1. The van der Waals surface area contributed by atoms with Crippen molar-refractivity contribution < 1.29 is 24.1 Å². The summed E-state index contributed by atoms with van der Waals surface area (Å²) in [6.45, 7) is 3.05. The summed E-state index contributed by atoms with van der Waals surface area (Å²) in [4.78, 5) is 25.8. The van der Waals surface area contributed by atoms with Gasteiger partial charge in [0, 0.05) is 0 Å². The van der Waals surface area contributed by atoms with Crippen molar-refractivity contribution in [3.05, 3.63) is 80.6 Å². The molecule has 0 bridgehead atoms. The lowest BCUT2D eigenvalue weighted by Crippen LogP contribution is -2.28. The molecule has 0 aliphatic carbocycles. The predicted molar refractivity (Wildman–Crippen MR) is 114 cm³/mol. The number of hydrogen-bond donors (Lipinski definition) is 1. The molecule has 0 atom stereocenters. The van der Waals surface area contributed by atoms with Crippen molar-refractivity contribution in [1.29, 1.82) is 5.26 Å². The third-order valence-electron chi connectivity index (χ3n) is 5.22. The van der Waals surface area contributed by atoms with Crippen LogP contribution in [-0.4, -0.2) is 28.9 Å². The maximum Gasteiger partial charge on any atom is 0.271 e. The molecule has 0 unspecified atom stereocenters. The summed E-state index contributed by atoms with van der Waals surface area (Å²) in [5.74, 6) is 0.547. The number of carbonyl (C=O) groups is 1. The SMILES string of the molecule is Cc1cccc(OCC(=O)c2c(C)c(C#N)c(=O)n(Cc3ccc4c(c3)OCO4)c2O)c1. The van der Waals surface area contributed by atoms with Gasteiger partial charge in [-0.15, -0.1) is 0 Å². The van der Waals surface area contributed by atoms with Crippen molar-refractivity contribution in [3.8, 4) is 29.2 Å². The molecule has 8 nitrogen and oxygen atoms in total. The molecule has 0 saturated carbocycles. The van der Waals surface area contributed by atoms with Crippen molar-refractivity contribution in [1.82, 2.24) is 4.57 Å². The van der Waals surface area contributed by atoms with E-state index in [2.05, 4.69) is 0 Å². The first-order valence-corrected chi connectivity index (χ1v) is 9.86. The average molecular weight is 432 g/mol. The minimum atomic E-state index is -0.684. The maximum absolute atomic E-state index is 12.9. The van der Waals surface area contributed by atoms with Crippen LogP contribution in [0.5, 0.6) is 23.1 Å². The minimum absolute atomic E-state index is 0.0602. The highest BCUT2D eigenvalue weighted by Gasteiger charge is 2.25. The fourth-order valence-corrected chi connectivity index (χ4v) is 3.58. The fourth-order valence-electron chi connectivity index (χ4n) is 3.58. The normalized spacial score (nSPS) is 11.8. The van der Waals surface area contributed by atoms with Crippen LogP contribution in [0.2, 0.25) is 0 Å². The Bertz CT molecular complexity index is 1320. The Balaban J connectivity index is 1.69. The van der Waals surface area contributed by atoms with Gasteiger partial charge in [-0.3, -0.25) is 14.2 Å². The number of rotatable bonds is 6. The Morgan fingerprint density at radius 3 is 2.72 bits per heavy atom. The molecule has 0 radical (unpaired) electrons. The van der Waals surface area contributed by atoms with Gasteiger partial charge in [0.2, 0.25) is 18.5 Å². The minimum Gasteiger partial charge on any atom is -0.494 e. The molecular weight excluding hydrogens is 412 g/mol. The Labute approximate surface area is 183 Å². The van der Waals surface area contributed by atoms with E-state index < -0.39 is 17.2 Å². The number of aryl methyl sites for hydroxylation is 1. The third-order valence-corrected chi connectivity index (χ3v) is 5.22. The number of aromatic nitrogens is 1. The van der Waals surface area contributed by atoms with Gasteiger partial charge in [-0.05, 0) is 54.8 Å². The van der Waals surface area contributed by atoms with Crippen molar-refractivity contribution in [2.45, 2.75) is 20.4 Å². The van der Waals surface area contributed by atoms with E-state index in [-0.39, 0.29) is 36.6 Å². The molecule has 1 aliphatic heterocycles. The van der Waals surface area contributed by atoms with E-state index in [1.54, 1.807) is 36.4 Å². The van der Waals surface area contributed by atoms with E-state index in [1.807, 2.05) is 19.1 Å². The monoisotopic (exact) mass is 432 g/mol. The number of benzene rings is 2. The van der Waals surface area contributed by atoms with Crippen LogP contribution < -0.4 is 19.8 Å². The highest BCUT2D eigenvalue weighted by atomic mass is 16.7. The van der Waals surface area contributed by atoms with E-state index in [4.69, 9.17) is 14.2 Å². The van der Waals surface area contributed by atoms with Crippen LogP contribution in [0.1, 0.15) is 32.6 Å². The number of nitriles is 1. The Hall–Kier alpha value is -4.25. The summed E-state index contributed by atoms with van der Waals surface area (Å²) in [6.07, 6.45) is 0. The van der Waals surface area contributed by atoms with Crippen LogP contribution in [0, 0.1) is 25.2 Å². The van der Waals surface area contributed by atoms with Gasteiger partial charge < -0.3 is 19.3 Å². The highest BCUT2D eigenvalue weighted by molar-refractivity contribution is 6.01. The summed E-state index contributed by atoms with van der Waals surface area (Å²) in [7, 11) is 0. The molecular formula is C24H20N2O6. The zero-order valence-electron chi connectivity index (χ0n) is 17.5. The largest absolute Gasteiger partial charge is 0.494 e. The van der Waals surface area contributed by atoms with Crippen LogP contribution in [0.15, 0.2) is 47.3 Å². The Kier molecular flexibility index (Phi) is 5.56. The number of nitrogens with zero attached hydrogens (tertiary/aromatic N) is 2. The third kappa shape index (κ3) is 3.88. The zero-order chi connectivity index (χ0) is 22.8. The molecule has 0 saturated heterocycles. The number of hydrogen-bond acceptors (Lipinski definition) is 7. The smallest absolute Gasteiger partial charge is 0.271 e. The molecule has 1 aromatic heterocycles. The summed E-state index contributed by atoms with van der Waals surface area (Å²) in [5, 5.41) is 20.4. The number of carbonyl (C=O) groups excluding carboxylic acids is 1. The first kappa shape index (κ1) is 21.0. The molecule has 0 spiro atoms. The molecule has 32 heavy (non-hydrogen) atoms. The topological polar surface area (TPSA) is 111 Å². The summed E-state index contributed by atoms with van der Waals surface area (Å²) in [5.41, 5.74) is 0.718. The quantitative estimate of drug-likeness (QED) is 0.596. The van der Waals surface area contributed by atoms with Crippen LogP contribution in [0.4, 0.5) is 0 Å². The van der Waals surface area contributed by atoms with E-state index in [1.165, 1.54) is 6.92 Å². The van der Waals surface area contributed by atoms with Crippen LogP contribution in [0.3, 0.4) is 0 Å². The second-order valence-electron chi connectivity index (χ2n) is 7.42. The van der Waals surface area contributed by atoms with Crippen LogP contribution in [-0.2, 0) is 6.54 Å². The van der Waals surface area contributed by atoms with Crippen molar-refractivity contribution in [2.75, 3.05) is 13.4 Å². The number of ketones is 1. The lowest BCUT2D eigenvalue weighted by molar-refractivity contribution is 0.0916. The molecule has 1 aliphatic rings. The van der Waals surface area contributed by atoms with Gasteiger partial charge in [0.05, 0.1) is 12.1 Å². The van der Waals surface area contributed by atoms with Gasteiger partial charge in [-0.1, -0.05) is 18.2 Å². The highest BCUT2D eigenvalue weighted by Crippen LogP contribution is 2.33. The number of Topliss-reactive ketones (excluding diaryl/α,β-unsaturated/α-hetero) is 1. The van der Waals surface area contributed by atoms with Gasteiger partial charge in [-0.25, -0.2) is 0 Å². The lowest BCUT2D eigenvalue weighted by atomic mass is 10.0. The molecule has 0 fully saturated rings. The summed E-state index contributed by atoms with van der Waals surface area (Å²) >= 11 is 0. The van der Waals surface area contributed by atoms with Gasteiger partial charge >= 0.3 is 0 Å². The zero-order valence-corrected chi connectivity index (χ0v) is 17.5. The molecule has 2 heterocycles. The molecule has 3 aromatic rings. The molecule has 4 rings (SSSR count). The molecule has 2 aromatic carbocycles. The lowest BCUT2D eigenvalue weighted by Gasteiger charge is -2.16. The molecule has 162 valence electrons. The average Bonchev–Trinajstić information content (AvgIpc) is 3.23. The maximum atomic E-state index is 12.9.